The number of urea groups is 1. The van der Waals surface area contributed by atoms with Crippen molar-refractivity contribution < 1.29 is 4.79 Å². The van der Waals surface area contributed by atoms with Crippen LogP contribution >= 0.6 is 0 Å². The molecule has 0 spiro atoms. The van der Waals surface area contributed by atoms with Crippen LogP contribution in [0.1, 0.15) is 24.8 Å². The molecule has 2 aromatic carbocycles. The number of rotatable bonds is 4. The van der Waals surface area contributed by atoms with Gasteiger partial charge in [-0.1, -0.05) is 42.5 Å². The van der Waals surface area contributed by atoms with Crippen LogP contribution in [0.5, 0.6) is 0 Å². The van der Waals surface area contributed by atoms with E-state index in [0.29, 0.717) is 12.6 Å². The molecule has 130 valence electrons. The number of fused-ring (bicyclic) bond motifs is 1. The number of hydrogen-bond donors (Lipinski definition) is 1. The first kappa shape index (κ1) is 16.2. The van der Waals surface area contributed by atoms with E-state index in [-0.39, 0.29) is 6.03 Å². The zero-order valence-electron chi connectivity index (χ0n) is 14.7. The Labute approximate surface area is 149 Å². The first-order chi connectivity index (χ1) is 12.2. The fourth-order valence-corrected chi connectivity index (χ4v) is 4.11. The van der Waals surface area contributed by atoms with Gasteiger partial charge in [-0.2, -0.15) is 0 Å². The van der Waals surface area contributed by atoms with Crippen LogP contribution in [-0.4, -0.2) is 37.1 Å². The van der Waals surface area contributed by atoms with E-state index in [1.165, 1.54) is 36.1 Å². The zero-order chi connectivity index (χ0) is 17.2. The molecular weight excluding hydrogens is 310 g/mol. The van der Waals surface area contributed by atoms with Crippen LogP contribution in [0, 0.1) is 0 Å². The minimum Gasteiger partial charge on any atom is -0.334 e. The molecule has 1 unspecified atom stereocenters. The van der Waals surface area contributed by atoms with Gasteiger partial charge in [0.15, 0.2) is 0 Å². The van der Waals surface area contributed by atoms with Crippen molar-refractivity contribution in [1.82, 2.24) is 10.2 Å². The van der Waals surface area contributed by atoms with Gasteiger partial charge in [-0.25, -0.2) is 4.79 Å². The molecule has 0 bridgehead atoms. The SMILES string of the molecule is CN1CCCC1CCN1C(=O)NCc2c(-c3ccccc3)cccc21. The second kappa shape index (κ2) is 6.89. The highest BCUT2D eigenvalue weighted by Crippen LogP contribution is 2.34. The van der Waals surface area contributed by atoms with Crippen molar-refractivity contribution in [1.29, 1.82) is 0 Å². The summed E-state index contributed by atoms with van der Waals surface area (Å²) in [6.45, 7) is 2.54. The van der Waals surface area contributed by atoms with Gasteiger partial charge in [-0.05, 0) is 50.0 Å². The second-order valence-corrected chi connectivity index (χ2v) is 7.04. The minimum atomic E-state index is 0.0263. The molecule has 4 nitrogen and oxygen atoms in total. The maximum atomic E-state index is 12.5. The van der Waals surface area contributed by atoms with Crippen molar-refractivity contribution in [2.75, 3.05) is 25.0 Å². The maximum absolute atomic E-state index is 12.5. The van der Waals surface area contributed by atoms with Crippen molar-refractivity contribution in [3.05, 3.63) is 54.1 Å². The molecule has 1 fully saturated rings. The number of carbonyl (C=O) groups excluding carboxylic acids is 1. The van der Waals surface area contributed by atoms with Gasteiger partial charge in [0.2, 0.25) is 0 Å². The Kier molecular flexibility index (Phi) is 4.45. The molecule has 0 aliphatic carbocycles. The summed E-state index contributed by atoms with van der Waals surface area (Å²) in [6, 6.07) is 17.3. The highest BCUT2D eigenvalue weighted by molar-refractivity contribution is 5.96. The van der Waals surface area contributed by atoms with Crippen molar-refractivity contribution >= 4 is 11.7 Å². The Morgan fingerprint density at radius 2 is 1.96 bits per heavy atom. The first-order valence-corrected chi connectivity index (χ1v) is 9.17. The van der Waals surface area contributed by atoms with Gasteiger partial charge in [-0.15, -0.1) is 0 Å². The number of nitrogens with one attached hydrogen (secondary N) is 1. The van der Waals surface area contributed by atoms with Gasteiger partial charge in [0, 0.05) is 24.7 Å². The molecule has 2 aliphatic rings. The average Bonchev–Trinajstić information content (AvgIpc) is 3.06. The van der Waals surface area contributed by atoms with Gasteiger partial charge in [0.1, 0.15) is 0 Å². The van der Waals surface area contributed by atoms with E-state index in [1.807, 2.05) is 11.0 Å². The van der Waals surface area contributed by atoms with E-state index in [0.717, 1.165) is 18.7 Å². The number of benzene rings is 2. The normalized spacial score (nSPS) is 20.4. The Morgan fingerprint density at radius 1 is 1.12 bits per heavy atom. The van der Waals surface area contributed by atoms with Crippen molar-refractivity contribution in [2.24, 2.45) is 0 Å². The van der Waals surface area contributed by atoms with Gasteiger partial charge >= 0.3 is 6.03 Å². The summed E-state index contributed by atoms with van der Waals surface area (Å²) in [5.74, 6) is 0. The number of amides is 2. The predicted octanol–water partition coefficient (Wildman–Crippen LogP) is 3.87. The number of hydrogen-bond acceptors (Lipinski definition) is 2. The van der Waals surface area contributed by atoms with Gasteiger partial charge < -0.3 is 10.2 Å². The van der Waals surface area contributed by atoms with Crippen LogP contribution in [0.15, 0.2) is 48.5 Å². The molecule has 2 aliphatic heterocycles. The van der Waals surface area contributed by atoms with Crippen LogP contribution in [-0.2, 0) is 6.54 Å². The fourth-order valence-electron chi connectivity index (χ4n) is 4.11. The third-order valence-electron chi connectivity index (χ3n) is 5.55. The Hall–Kier alpha value is -2.33. The first-order valence-electron chi connectivity index (χ1n) is 9.17. The van der Waals surface area contributed by atoms with Crippen LogP contribution in [0.25, 0.3) is 11.1 Å². The molecule has 4 heteroatoms. The number of carbonyl (C=O) groups is 1. The summed E-state index contributed by atoms with van der Waals surface area (Å²) in [7, 11) is 2.19. The molecule has 0 radical (unpaired) electrons. The Balaban J connectivity index is 1.62. The average molecular weight is 335 g/mol. The zero-order valence-corrected chi connectivity index (χ0v) is 14.7. The molecule has 25 heavy (non-hydrogen) atoms. The van der Waals surface area contributed by atoms with E-state index in [9.17, 15) is 4.79 Å². The molecule has 4 rings (SSSR count). The second-order valence-electron chi connectivity index (χ2n) is 7.04. The molecule has 2 heterocycles. The monoisotopic (exact) mass is 335 g/mol. The van der Waals surface area contributed by atoms with Gasteiger partial charge in [0.25, 0.3) is 0 Å². The lowest BCUT2D eigenvalue weighted by atomic mass is 9.96. The summed E-state index contributed by atoms with van der Waals surface area (Å²) < 4.78 is 0. The topological polar surface area (TPSA) is 35.6 Å². The molecule has 1 saturated heterocycles. The van der Waals surface area contributed by atoms with Crippen molar-refractivity contribution in [3.8, 4) is 11.1 Å². The van der Waals surface area contributed by atoms with Crippen LogP contribution in [0.4, 0.5) is 10.5 Å². The van der Waals surface area contributed by atoms with Crippen molar-refractivity contribution in [3.63, 3.8) is 0 Å². The molecule has 1 N–H and O–H groups in total. The van der Waals surface area contributed by atoms with E-state index >= 15 is 0 Å². The van der Waals surface area contributed by atoms with E-state index < -0.39 is 0 Å². The molecule has 2 amide bonds. The number of nitrogens with zero attached hydrogens (tertiary/aromatic N) is 2. The largest absolute Gasteiger partial charge is 0.334 e. The highest BCUT2D eigenvalue weighted by Gasteiger charge is 2.28. The molecule has 2 aromatic rings. The van der Waals surface area contributed by atoms with Gasteiger partial charge in [-0.3, -0.25) is 4.90 Å². The summed E-state index contributed by atoms with van der Waals surface area (Å²) in [6.07, 6.45) is 3.53. The standard InChI is InChI=1S/C21H25N3O/c1-23-13-6-9-17(23)12-14-24-20-11-5-10-18(16-7-3-2-4-8-16)19(20)15-22-21(24)25/h2-5,7-8,10-11,17H,6,9,12-15H2,1H3,(H,22,25). The highest BCUT2D eigenvalue weighted by atomic mass is 16.2. The van der Waals surface area contributed by atoms with Gasteiger partial charge in [0.05, 0.1) is 5.69 Å². The Bertz CT molecular complexity index is 759. The lowest BCUT2D eigenvalue weighted by molar-refractivity contribution is 0.242. The Morgan fingerprint density at radius 3 is 2.72 bits per heavy atom. The fraction of sp³-hybridized carbons (Fsp3) is 0.381. The molecule has 0 saturated carbocycles. The molecule has 0 aromatic heterocycles. The summed E-state index contributed by atoms with van der Waals surface area (Å²) in [5, 5.41) is 3.06. The number of anilines is 1. The summed E-state index contributed by atoms with van der Waals surface area (Å²) in [5.41, 5.74) is 4.69. The number of likely N-dealkylation sites (tertiary alicyclic amines) is 1. The van der Waals surface area contributed by atoms with Crippen LogP contribution < -0.4 is 10.2 Å². The van der Waals surface area contributed by atoms with E-state index in [1.54, 1.807) is 0 Å². The van der Waals surface area contributed by atoms with E-state index in [2.05, 4.69) is 59.7 Å². The maximum Gasteiger partial charge on any atom is 0.322 e. The predicted molar refractivity (Wildman–Crippen MR) is 102 cm³/mol. The molecular formula is C21H25N3O. The third kappa shape index (κ3) is 3.14. The van der Waals surface area contributed by atoms with Crippen LogP contribution in [0.3, 0.4) is 0 Å². The third-order valence-corrected chi connectivity index (χ3v) is 5.55. The lowest BCUT2D eigenvalue weighted by Gasteiger charge is -2.33. The van der Waals surface area contributed by atoms with E-state index in [4.69, 9.17) is 0 Å². The van der Waals surface area contributed by atoms with Crippen molar-refractivity contribution in [2.45, 2.75) is 31.8 Å². The van der Waals surface area contributed by atoms with Crippen LogP contribution in [0.2, 0.25) is 0 Å². The quantitative estimate of drug-likeness (QED) is 0.921. The summed E-state index contributed by atoms with van der Waals surface area (Å²) in [4.78, 5) is 16.8. The summed E-state index contributed by atoms with van der Waals surface area (Å²) >= 11 is 0. The minimum absolute atomic E-state index is 0.0263. The lowest BCUT2D eigenvalue weighted by Crippen LogP contribution is -2.46. The smallest absolute Gasteiger partial charge is 0.322 e. The molecule has 1 atom stereocenters.